The van der Waals surface area contributed by atoms with Gasteiger partial charge in [0.05, 0.1) is 29.7 Å². The molecule has 0 aromatic carbocycles. The predicted molar refractivity (Wildman–Crippen MR) is 132 cm³/mol. The molecule has 3 aliphatic heterocycles. The molecular formula is C24H43ClN2O5S. The third-order valence-electron chi connectivity index (χ3n) is 7.31. The van der Waals surface area contributed by atoms with Crippen molar-refractivity contribution in [1.29, 1.82) is 0 Å². The number of fused-ring (bicyclic) bond motifs is 1. The van der Waals surface area contributed by atoms with E-state index < -0.39 is 35.2 Å². The van der Waals surface area contributed by atoms with Gasteiger partial charge in [0.1, 0.15) is 17.6 Å². The number of alkyl halides is 1. The molecule has 3 fully saturated rings. The summed E-state index contributed by atoms with van der Waals surface area (Å²) >= 11 is 7.83. The first-order chi connectivity index (χ1) is 15.4. The number of amides is 1. The summed E-state index contributed by atoms with van der Waals surface area (Å²) in [5, 5.41) is 23.2. The van der Waals surface area contributed by atoms with Crippen LogP contribution in [0.4, 0.5) is 0 Å². The molecule has 1 unspecified atom stereocenters. The van der Waals surface area contributed by atoms with Crippen LogP contribution < -0.4 is 5.32 Å². The molecule has 3 rings (SSSR count). The van der Waals surface area contributed by atoms with Gasteiger partial charge in [-0.2, -0.15) is 0 Å². The van der Waals surface area contributed by atoms with Crippen LogP contribution in [0.2, 0.25) is 0 Å². The minimum absolute atomic E-state index is 0.110. The smallest absolute Gasteiger partial charge is 0.240 e. The average molecular weight is 507 g/mol. The number of halogens is 1. The fourth-order valence-corrected chi connectivity index (χ4v) is 6.84. The zero-order chi connectivity index (χ0) is 24.5. The van der Waals surface area contributed by atoms with Crippen LogP contribution in [0.3, 0.4) is 0 Å². The monoisotopic (exact) mass is 506 g/mol. The Labute approximate surface area is 208 Å². The minimum atomic E-state index is -0.958. The van der Waals surface area contributed by atoms with Gasteiger partial charge in [0.2, 0.25) is 5.91 Å². The number of aliphatic hydroxyl groups excluding tert-OH is 2. The number of rotatable bonds is 6. The van der Waals surface area contributed by atoms with Crippen molar-refractivity contribution in [2.75, 3.05) is 26.5 Å². The summed E-state index contributed by atoms with van der Waals surface area (Å²) in [6.45, 7) is 10.2. The van der Waals surface area contributed by atoms with Gasteiger partial charge < -0.3 is 25.0 Å². The normalized spacial score (nSPS) is 40.0. The second kappa shape index (κ2) is 11.3. The van der Waals surface area contributed by atoms with Gasteiger partial charge in [0.15, 0.2) is 0 Å². The highest BCUT2D eigenvalue weighted by Crippen LogP contribution is 2.39. The molecule has 192 valence electrons. The molecule has 0 aromatic rings. The van der Waals surface area contributed by atoms with Gasteiger partial charge in [-0.15, -0.1) is 23.4 Å². The molecule has 3 saturated heterocycles. The first-order valence-electron chi connectivity index (χ1n) is 12.2. The molecule has 0 spiro atoms. The molecule has 3 N–H and O–H groups in total. The highest BCUT2D eigenvalue weighted by atomic mass is 35.5. The summed E-state index contributed by atoms with van der Waals surface area (Å²) in [5.41, 5.74) is -0.278. The maximum absolute atomic E-state index is 13.5. The number of thioether (sulfide) groups is 1. The van der Waals surface area contributed by atoms with Gasteiger partial charge in [0.25, 0.3) is 0 Å². The highest BCUT2D eigenvalue weighted by molar-refractivity contribution is 7.99. The maximum Gasteiger partial charge on any atom is 0.240 e. The van der Waals surface area contributed by atoms with Crippen molar-refractivity contribution in [3.8, 4) is 0 Å². The Morgan fingerprint density at radius 1 is 1.30 bits per heavy atom. The number of hydrogen-bond donors (Lipinski definition) is 3. The Kier molecular flexibility index (Phi) is 9.43. The minimum Gasteiger partial charge on any atom is -0.390 e. The SMILES string of the molecule is CSC1O[C@H]([C@H](NC(=O)[C@@H]2[C@@H]3OCC[C@H](CC(C)(C)C)C[C@H]3CN2C)[C@H](C)Cl)C[C@@H](O)[C@H]1O. The molecule has 0 radical (unpaired) electrons. The standard InChI is InChI=1S/C24H43ClN2O5S/c1-13(25)18(17-10-16(28)20(29)23(32-17)33-6)26-22(30)19-21-15(12-27(19)5)9-14(7-8-31-21)11-24(2,3)4/h13-21,23,28-29H,7-12H2,1-6H3,(H,26,30)/t13-,14-,15-,16+,17-,18+,19-,20+,21+,23?/m0/s1. The predicted octanol–water partition coefficient (Wildman–Crippen LogP) is 2.46. The highest BCUT2D eigenvalue weighted by Gasteiger charge is 2.48. The Bertz CT molecular complexity index is 663. The van der Waals surface area contributed by atoms with Crippen molar-refractivity contribution >= 4 is 29.3 Å². The van der Waals surface area contributed by atoms with Crippen molar-refractivity contribution in [3.63, 3.8) is 0 Å². The van der Waals surface area contributed by atoms with Gasteiger partial charge >= 0.3 is 0 Å². The van der Waals surface area contributed by atoms with Crippen LogP contribution in [0.15, 0.2) is 0 Å². The number of carbonyl (C=O) groups excluding carboxylic acids is 1. The van der Waals surface area contributed by atoms with E-state index in [9.17, 15) is 15.0 Å². The van der Waals surface area contributed by atoms with Crippen LogP contribution in [0.25, 0.3) is 0 Å². The van der Waals surface area contributed by atoms with Crippen LogP contribution >= 0.6 is 23.4 Å². The van der Waals surface area contributed by atoms with Crippen LogP contribution in [0, 0.1) is 17.3 Å². The van der Waals surface area contributed by atoms with Crippen LogP contribution in [-0.2, 0) is 14.3 Å². The number of likely N-dealkylation sites (N-methyl/N-ethyl adjacent to an activating group) is 1. The summed E-state index contributed by atoms with van der Waals surface area (Å²) in [4.78, 5) is 15.6. The Hall–Kier alpha value is -0.0900. The largest absolute Gasteiger partial charge is 0.390 e. The topological polar surface area (TPSA) is 91.3 Å². The molecule has 0 saturated carbocycles. The first-order valence-corrected chi connectivity index (χ1v) is 13.9. The van der Waals surface area contributed by atoms with Gasteiger partial charge in [-0.1, -0.05) is 20.8 Å². The lowest BCUT2D eigenvalue weighted by molar-refractivity contribution is -0.149. The van der Waals surface area contributed by atoms with Crippen LogP contribution in [0.1, 0.15) is 53.4 Å². The summed E-state index contributed by atoms with van der Waals surface area (Å²) in [7, 11) is 1.99. The molecule has 10 atom stereocenters. The fourth-order valence-electron chi connectivity index (χ4n) is 5.90. The lowest BCUT2D eigenvalue weighted by atomic mass is 9.79. The summed E-state index contributed by atoms with van der Waals surface area (Å²) in [5.74, 6) is 0.829. The summed E-state index contributed by atoms with van der Waals surface area (Å²) in [6, 6.07) is -0.861. The molecule has 9 heteroatoms. The van der Waals surface area contributed by atoms with Crippen molar-refractivity contribution in [2.45, 2.75) is 101 Å². The summed E-state index contributed by atoms with van der Waals surface area (Å²) < 4.78 is 12.3. The molecule has 0 aromatic heterocycles. The van der Waals surface area contributed by atoms with E-state index in [4.69, 9.17) is 21.1 Å². The van der Waals surface area contributed by atoms with E-state index in [0.717, 1.165) is 25.8 Å². The third kappa shape index (κ3) is 6.78. The Morgan fingerprint density at radius 3 is 2.61 bits per heavy atom. The van der Waals surface area contributed by atoms with E-state index in [1.54, 1.807) is 0 Å². The molecule has 1 amide bonds. The second-order valence-electron chi connectivity index (χ2n) is 11.4. The Morgan fingerprint density at radius 2 is 2.00 bits per heavy atom. The molecular weight excluding hydrogens is 464 g/mol. The van der Waals surface area contributed by atoms with E-state index in [2.05, 4.69) is 31.0 Å². The Balaban J connectivity index is 1.69. The van der Waals surface area contributed by atoms with Crippen molar-refractivity contribution < 1.29 is 24.5 Å². The van der Waals surface area contributed by atoms with Gasteiger partial charge in [-0.3, -0.25) is 9.69 Å². The van der Waals surface area contributed by atoms with Gasteiger partial charge in [0, 0.05) is 25.5 Å². The fraction of sp³-hybridized carbons (Fsp3) is 0.958. The van der Waals surface area contributed by atoms with E-state index in [0.29, 0.717) is 18.4 Å². The third-order valence-corrected chi connectivity index (χ3v) is 8.43. The van der Waals surface area contributed by atoms with E-state index in [1.165, 1.54) is 11.8 Å². The van der Waals surface area contributed by atoms with E-state index in [1.807, 2.05) is 20.2 Å². The number of aliphatic hydroxyl groups is 2. The maximum atomic E-state index is 13.5. The average Bonchev–Trinajstić information content (AvgIpc) is 2.88. The molecule has 0 bridgehead atoms. The number of carbonyl (C=O) groups is 1. The number of hydrogen-bond acceptors (Lipinski definition) is 7. The summed E-state index contributed by atoms with van der Waals surface area (Å²) in [6.07, 6.45) is 2.83. The first kappa shape index (κ1) is 27.5. The van der Waals surface area contributed by atoms with Crippen molar-refractivity contribution in [1.82, 2.24) is 10.2 Å². The number of nitrogens with one attached hydrogen (secondary N) is 1. The second-order valence-corrected chi connectivity index (χ2v) is 13.0. The van der Waals surface area contributed by atoms with E-state index >= 15 is 0 Å². The van der Waals surface area contributed by atoms with Crippen LogP contribution in [-0.4, -0.2) is 94.8 Å². The molecule has 3 aliphatic rings. The van der Waals surface area contributed by atoms with E-state index in [-0.39, 0.29) is 29.9 Å². The van der Waals surface area contributed by atoms with Gasteiger partial charge in [-0.05, 0) is 50.8 Å². The lowest BCUT2D eigenvalue weighted by Gasteiger charge is -2.41. The van der Waals surface area contributed by atoms with Crippen LogP contribution in [0.5, 0.6) is 0 Å². The number of nitrogens with zero attached hydrogens (tertiary/aromatic N) is 1. The van der Waals surface area contributed by atoms with Crippen molar-refractivity contribution in [2.24, 2.45) is 17.3 Å². The van der Waals surface area contributed by atoms with Crippen molar-refractivity contribution in [3.05, 3.63) is 0 Å². The zero-order valence-corrected chi connectivity index (χ0v) is 22.4. The van der Waals surface area contributed by atoms with Gasteiger partial charge in [-0.25, -0.2) is 0 Å². The molecule has 3 heterocycles. The number of ether oxygens (including phenoxy) is 2. The molecule has 7 nitrogen and oxygen atoms in total. The number of likely N-dealkylation sites (tertiary alicyclic amines) is 1. The molecule has 0 aliphatic carbocycles. The quantitative estimate of drug-likeness (QED) is 0.476. The molecule has 33 heavy (non-hydrogen) atoms. The lowest BCUT2D eigenvalue weighted by Crippen LogP contribution is -2.59. The zero-order valence-electron chi connectivity index (χ0n) is 20.9.